The van der Waals surface area contributed by atoms with E-state index in [4.69, 9.17) is 0 Å². The molecule has 1 saturated heterocycles. The molecule has 1 fully saturated rings. The molecule has 1 atom stereocenters. The normalized spacial score (nSPS) is 18.9. The number of aliphatic hydroxyl groups is 1. The van der Waals surface area contributed by atoms with Gasteiger partial charge in [0.15, 0.2) is 0 Å². The molecule has 0 aromatic carbocycles. The summed E-state index contributed by atoms with van der Waals surface area (Å²) in [6, 6.07) is 0. The highest BCUT2D eigenvalue weighted by molar-refractivity contribution is 8.00. The second kappa shape index (κ2) is 8.78. The van der Waals surface area contributed by atoms with Gasteiger partial charge in [-0.3, -0.25) is 4.79 Å². The molecule has 0 aliphatic carbocycles. The minimum Gasteiger partial charge on any atom is -0.393 e. The lowest BCUT2D eigenvalue weighted by Gasteiger charge is -2.21. The average Bonchev–Trinajstić information content (AvgIpc) is 2.37. The first kappa shape index (κ1) is 14.8. The number of hydrogen-bond donors (Lipinski definition) is 3. The van der Waals surface area contributed by atoms with E-state index in [-0.39, 0.29) is 12.0 Å². The molecule has 1 heterocycles. The monoisotopic (exact) mass is 260 g/mol. The summed E-state index contributed by atoms with van der Waals surface area (Å²) in [5.41, 5.74) is 0. The molecule has 4 nitrogen and oxygen atoms in total. The van der Waals surface area contributed by atoms with E-state index in [9.17, 15) is 9.90 Å². The fourth-order valence-electron chi connectivity index (χ4n) is 1.79. The van der Waals surface area contributed by atoms with Crippen LogP contribution in [0.4, 0.5) is 0 Å². The third kappa shape index (κ3) is 6.91. The molecule has 1 unspecified atom stereocenters. The number of piperidine rings is 1. The van der Waals surface area contributed by atoms with Gasteiger partial charge < -0.3 is 15.7 Å². The third-order valence-electron chi connectivity index (χ3n) is 3.01. The van der Waals surface area contributed by atoms with Crippen LogP contribution in [0, 0.1) is 0 Å². The van der Waals surface area contributed by atoms with Crippen LogP contribution in [-0.2, 0) is 4.79 Å². The summed E-state index contributed by atoms with van der Waals surface area (Å²) in [6.45, 7) is 4.67. The molecule has 17 heavy (non-hydrogen) atoms. The fraction of sp³-hybridized carbons (Fsp3) is 0.917. The lowest BCUT2D eigenvalue weighted by molar-refractivity contribution is -0.118. The molecule has 0 saturated carbocycles. The largest absolute Gasteiger partial charge is 0.393 e. The number of aliphatic hydroxyl groups excluding tert-OH is 1. The van der Waals surface area contributed by atoms with Crippen molar-refractivity contribution >= 4 is 17.7 Å². The van der Waals surface area contributed by atoms with Gasteiger partial charge in [-0.05, 0) is 38.8 Å². The Morgan fingerprint density at radius 2 is 2.24 bits per heavy atom. The van der Waals surface area contributed by atoms with Gasteiger partial charge in [0.25, 0.3) is 0 Å². The number of nitrogens with one attached hydrogen (secondary N) is 2. The molecule has 0 radical (unpaired) electrons. The van der Waals surface area contributed by atoms with Gasteiger partial charge in [-0.2, -0.15) is 0 Å². The molecular formula is C12H24N2O2S. The van der Waals surface area contributed by atoms with Crippen molar-refractivity contribution in [3.8, 4) is 0 Å². The van der Waals surface area contributed by atoms with Crippen LogP contribution < -0.4 is 10.6 Å². The number of hydrogen-bond acceptors (Lipinski definition) is 4. The van der Waals surface area contributed by atoms with E-state index < -0.39 is 0 Å². The summed E-state index contributed by atoms with van der Waals surface area (Å²) in [5, 5.41) is 16.1. The van der Waals surface area contributed by atoms with Crippen molar-refractivity contribution in [2.75, 3.05) is 25.4 Å². The van der Waals surface area contributed by atoms with Gasteiger partial charge in [0, 0.05) is 11.8 Å². The average molecular weight is 260 g/mol. The van der Waals surface area contributed by atoms with E-state index in [1.807, 2.05) is 6.92 Å². The quantitative estimate of drug-likeness (QED) is 0.632. The first-order chi connectivity index (χ1) is 8.22. The fourth-order valence-corrected chi connectivity index (χ4v) is 2.85. The molecule has 3 N–H and O–H groups in total. The number of rotatable bonds is 7. The number of thioether (sulfide) groups is 1. The molecule has 0 aromatic rings. The van der Waals surface area contributed by atoms with Gasteiger partial charge in [0.2, 0.25) is 5.91 Å². The first-order valence-corrected chi connectivity index (χ1v) is 7.54. The zero-order valence-electron chi connectivity index (χ0n) is 10.6. The van der Waals surface area contributed by atoms with E-state index in [1.54, 1.807) is 11.8 Å². The summed E-state index contributed by atoms with van der Waals surface area (Å²) in [7, 11) is 0. The molecule has 100 valence electrons. The van der Waals surface area contributed by atoms with Crippen molar-refractivity contribution in [2.24, 2.45) is 0 Å². The van der Waals surface area contributed by atoms with Crippen molar-refractivity contribution < 1.29 is 9.90 Å². The molecule has 1 rings (SSSR count). The standard InChI is InChI=1S/C12H24N2O2S/c1-2-10(15)3-8-14-12(16)9-17-11-4-6-13-7-5-11/h10-11,13,15H,2-9H2,1H3,(H,14,16). The molecule has 5 heteroatoms. The second-order valence-electron chi connectivity index (χ2n) is 4.46. The van der Waals surface area contributed by atoms with Gasteiger partial charge in [-0.15, -0.1) is 11.8 Å². The highest BCUT2D eigenvalue weighted by Gasteiger charge is 2.14. The summed E-state index contributed by atoms with van der Waals surface area (Å²) in [6.07, 6.45) is 3.44. The minimum absolute atomic E-state index is 0.0943. The van der Waals surface area contributed by atoms with Crippen LogP contribution in [0.25, 0.3) is 0 Å². The van der Waals surface area contributed by atoms with Crippen LogP contribution in [-0.4, -0.2) is 47.8 Å². The van der Waals surface area contributed by atoms with Gasteiger partial charge in [0.05, 0.1) is 11.9 Å². The molecular weight excluding hydrogens is 236 g/mol. The van der Waals surface area contributed by atoms with E-state index in [0.29, 0.717) is 24.0 Å². The second-order valence-corrected chi connectivity index (χ2v) is 5.75. The topological polar surface area (TPSA) is 61.4 Å². The summed E-state index contributed by atoms with van der Waals surface area (Å²) in [4.78, 5) is 11.5. The first-order valence-electron chi connectivity index (χ1n) is 6.49. The lowest BCUT2D eigenvalue weighted by Crippen LogP contribution is -2.32. The SMILES string of the molecule is CCC(O)CCNC(=O)CSC1CCNCC1. The van der Waals surface area contributed by atoms with Gasteiger partial charge in [-0.1, -0.05) is 6.92 Å². The molecule has 1 aliphatic rings. The maximum absolute atomic E-state index is 11.5. The number of carbonyl (C=O) groups is 1. The van der Waals surface area contributed by atoms with Crippen LogP contribution in [0.3, 0.4) is 0 Å². The maximum Gasteiger partial charge on any atom is 0.230 e. The molecule has 1 aliphatic heterocycles. The predicted molar refractivity (Wildman–Crippen MR) is 72.3 cm³/mol. The predicted octanol–water partition coefficient (Wildman–Crippen LogP) is 0.749. The summed E-state index contributed by atoms with van der Waals surface area (Å²) < 4.78 is 0. The van der Waals surface area contributed by atoms with Crippen LogP contribution in [0.15, 0.2) is 0 Å². The zero-order valence-corrected chi connectivity index (χ0v) is 11.4. The smallest absolute Gasteiger partial charge is 0.230 e. The van der Waals surface area contributed by atoms with Gasteiger partial charge in [0.1, 0.15) is 0 Å². The lowest BCUT2D eigenvalue weighted by atomic mass is 10.2. The Balaban J connectivity index is 2.00. The van der Waals surface area contributed by atoms with E-state index in [2.05, 4.69) is 10.6 Å². The van der Waals surface area contributed by atoms with E-state index in [0.717, 1.165) is 32.4 Å². The van der Waals surface area contributed by atoms with Crippen molar-refractivity contribution in [1.82, 2.24) is 10.6 Å². The Bertz CT molecular complexity index is 221. The number of carbonyl (C=O) groups excluding carboxylic acids is 1. The van der Waals surface area contributed by atoms with Crippen molar-refractivity contribution in [1.29, 1.82) is 0 Å². The molecule has 0 spiro atoms. The van der Waals surface area contributed by atoms with E-state index in [1.165, 1.54) is 0 Å². The van der Waals surface area contributed by atoms with Crippen molar-refractivity contribution in [3.63, 3.8) is 0 Å². The highest BCUT2D eigenvalue weighted by atomic mass is 32.2. The zero-order chi connectivity index (χ0) is 12.5. The molecule has 1 amide bonds. The Morgan fingerprint density at radius 1 is 1.53 bits per heavy atom. The molecule has 0 aromatic heterocycles. The van der Waals surface area contributed by atoms with E-state index >= 15 is 0 Å². The maximum atomic E-state index is 11.5. The molecule has 0 bridgehead atoms. The van der Waals surface area contributed by atoms with Crippen LogP contribution >= 0.6 is 11.8 Å². The van der Waals surface area contributed by atoms with Gasteiger partial charge >= 0.3 is 0 Å². The van der Waals surface area contributed by atoms with Crippen molar-refractivity contribution in [2.45, 2.75) is 44.0 Å². The Kier molecular flexibility index (Phi) is 7.64. The Hall–Kier alpha value is -0.260. The number of amides is 1. The van der Waals surface area contributed by atoms with Crippen LogP contribution in [0.2, 0.25) is 0 Å². The third-order valence-corrected chi connectivity index (χ3v) is 4.38. The Morgan fingerprint density at radius 3 is 2.88 bits per heavy atom. The summed E-state index contributed by atoms with van der Waals surface area (Å²) >= 11 is 1.76. The summed E-state index contributed by atoms with van der Waals surface area (Å²) in [5.74, 6) is 0.643. The highest BCUT2D eigenvalue weighted by Crippen LogP contribution is 2.19. The van der Waals surface area contributed by atoms with Crippen LogP contribution in [0.5, 0.6) is 0 Å². The minimum atomic E-state index is -0.285. The van der Waals surface area contributed by atoms with Crippen molar-refractivity contribution in [3.05, 3.63) is 0 Å². The Labute approximate surface area is 108 Å². The van der Waals surface area contributed by atoms with Gasteiger partial charge in [-0.25, -0.2) is 0 Å². The van der Waals surface area contributed by atoms with Crippen LogP contribution in [0.1, 0.15) is 32.6 Å².